The number of esters is 1. The Morgan fingerprint density at radius 2 is 1.54 bits per heavy atom. The molecule has 2 rings (SSSR count). The average Bonchev–Trinajstić information content (AvgIpc) is 2.53. The standard InChI is InChI=1S/C18H17F3O3/c1-2-24-17(23)11-16(13-5-9-15(22)10-6-13)12-3-7-14(8-4-12)18(19,20)21/h3-10,16,22H,2,11H2,1H3. The van der Waals surface area contributed by atoms with Gasteiger partial charge in [0.1, 0.15) is 5.75 Å². The van der Waals surface area contributed by atoms with Crippen LogP contribution in [0, 0.1) is 0 Å². The first kappa shape index (κ1) is 17.8. The molecule has 128 valence electrons. The van der Waals surface area contributed by atoms with Gasteiger partial charge in [-0.05, 0) is 42.3 Å². The number of rotatable bonds is 5. The number of halogens is 3. The minimum absolute atomic E-state index is 0.00395. The van der Waals surface area contributed by atoms with Crippen molar-refractivity contribution in [2.75, 3.05) is 6.61 Å². The fourth-order valence-electron chi connectivity index (χ4n) is 2.43. The second kappa shape index (κ2) is 7.38. The lowest BCUT2D eigenvalue weighted by Crippen LogP contribution is -2.12. The summed E-state index contributed by atoms with van der Waals surface area (Å²) in [6.45, 7) is 1.92. The molecule has 1 unspecified atom stereocenters. The van der Waals surface area contributed by atoms with Crippen molar-refractivity contribution in [2.24, 2.45) is 0 Å². The summed E-state index contributed by atoms with van der Waals surface area (Å²) in [5.74, 6) is -0.816. The SMILES string of the molecule is CCOC(=O)CC(c1ccc(O)cc1)c1ccc(C(F)(F)F)cc1. The van der Waals surface area contributed by atoms with Crippen molar-refractivity contribution in [3.8, 4) is 5.75 Å². The molecule has 0 radical (unpaired) electrons. The van der Waals surface area contributed by atoms with Gasteiger partial charge in [0.2, 0.25) is 0 Å². The summed E-state index contributed by atoms with van der Waals surface area (Å²) in [5, 5.41) is 9.38. The van der Waals surface area contributed by atoms with Gasteiger partial charge in [0.15, 0.2) is 0 Å². The van der Waals surface area contributed by atoms with Crippen LogP contribution >= 0.6 is 0 Å². The van der Waals surface area contributed by atoms with Gasteiger partial charge in [-0.1, -0.05) is 24.3 Å². The molecule has 0 fully saturated rings. The van der Waals surface area contributed by atoms with Crippen molar-refractivity contribution in [3.63, 3.8) is 0 Å². The van der Waals surface area contributed by atoms with Crippen molar-refractivity contribution in [2.45, 2.75) is 25.4 Å². The summed E-state index contributed by atoms with van der Waals surface area (Å²) in [5.41, 5.74) is 0.536. The first-order valence-electron chi connectivity index (χ1n) is 7.43. The predicted octanol–water partition coefficient (Wildman–Crippen LogP) is 4.50. The summed E-state index contributed by atoms with van der Waals surface area (Å²) in [6, 6.07) is 10.9. The molecule has 0 aliphatic rings. The van der Waals surface area contributed by atoms with Crippen LogP contribution in [0.2, 0.25) is 0 Å². The molecule has 0 aromatic heterocycles. The highest BCUT2D eigenvalue weighted by molar-refractivity contribution is 5.71. The molecular weight excluding hydrogens is 321 g/mol. The van der Waals surface area contributed by atoms with E-state index < -0.39 is 23.6 Å². The Balaban J connectivity index is 2.34. The molecule has 3 nitrogen and oxygen atoms in total. The summed E-state index contributed by atoms with van der Waals surface area (Å²) in [7, 11) is 0. The molecule has 1 atom stereocenters. The van der Waals surface area contributed by atoms with Crippen LogP contribution in [0.5, 0.6) is 5.75 Å². The Morgan fingerprint density at radius 1 is 1.04 bits per heavy atom. The van der Waals surface area contributed by atoms with Gasteiger partial charge in [0.05, 0.1) is 18.6 Å². The molecule has 6 heteroatoms. The van der Waals surface area contributed by atoms with E-state index in [2.05, 4.69) is 0 Å². The van der Waals surface area contributed by atoms with Crippen LogP contribution in [0.25, 0.3) is 0 Å². The van der Waals surface area contributed by atoms with E-state index in [1.165, 1.54) is 24.3 Å². The molecule has 0 amide bonds. The van der Waals surface area contributed by atoms with Crippen LogP contribution in [0.4, 0.5) is 13.2 Å². The highest BCUT2D eigenvalue weighted by Crippen LogP contribution is 2.33. The van der Waals surface area contributed by atoms with Crippen LogP contribution in [0.3, 0.4) is 0 Å². The van der Waals surface area contributed by atoms with Gasteiger partial charge in [-0.2, -0.15) is 13.2 Å². The maximum absolute atomic E-state index is 12.7. The van der Waals surface area contributed by atoms with Gasteiger partial charge < -0.3 is 9.84 Å². The van der Waals surface area contributed by atoms with Crippen LogP contribution in [0.1, 0.15) is 36.0 Å². The quantitative estimate of drug-likeness (QED) is 0.817. The van der Waals surface area contributed by atoms with Gasteiger partial charge in [0, 0.05) is 5.92 Å². The molecule has 0 aliphatic heterocycles. The Hall–Kier alpha value is -2.50. The minimum Gasteiger partial charge on any atom is -0.508 e. The Labute approximate surface area is 137 Å². The second-order valence-electron chi connectivity index (χ2n) is 5.27. The molecule has 0 saturated heterocycles. The van der Waals surface area contributed by atoms with E-state index in [-0.39, 0.29) is 18.8 Å². The van der Waals surface area contributed by atoms with E-state index in [1.807, 2.05) is 0 Å². The number of aromatic hydroxyl groups is 1. The summed E-state index contributed by atoms with van der Waals surface area (Å²) in [4.78, 5) is 11.8. The van der Waals surface area contributed by atoms with E-state index in [4.69, 9.17) is 4.74 Å². The Kier molecular flexibility index (Phi) is 5.49. The Bertz CT molecular complexity index is 676. The first-order valence-corrected chi connectivity index (χ1v) is 7.43. The zero-order valence-corrected chi connectivity index (χ0v) is 13.0. The number of phenols is 1. The molecule has 0 saturated carbocycles. The maximum atomic E-state index is 12.7. The van der Waals surface area contributed by atoms with Crippen molar-refractivity contribution < 1.29 is 27.8 Å². The highest BCUT2D eigenvalue weighted by Gasteiger charge is 2.30. The van der Waals surface area contributed by atoms with Crippen LogP contribution in [-0.2, 0) is 15.7 Å². The van der Waals surface area contributed by atoms with Gasteiger partial charge >= 0.3 is 12.1 Å². The molecule has 0 aliphatic carbocycles. The fourth-order valence-corrected chi connectivity index (χ4v) is 2.43. The van der Waals surface area contributed by atoms with E-state index in [0.717, 1.165) is 12.1 Å². The van der Waals surface area contributed by atoms with Crippen molar-refractivity contribution >= 4 is 5.97 Å². The predicted molar refractivity (Wildman–Crippen MR) is 82.6 cm³/mol. The molecule has 0 spiro atoms. The highest BCUT2D eigenvalue weighted by atomic mass is 19.4. The number of phenolic OH excluding ortho intramolecular Hbond substituents is 1. The number of alkyl halides is 3. The lowest BCUT2D eigenvalue weighted by atomic mass is 9.88. The van der Waals surface area contributed by atoms with E-state index in [0.29, 0.717) is 11.1 Å². The number of hydrogen-bond donors (Lipinski definition) is 1. The third kappa shape index (κ3) is 4.50. The van der Waals surface area contributed by atoms with Gasteiger partial charge in [-0.3, -0.25) is 4.79 Å². The summed E-state index contributed by atoms with van der Waals surface area (Å²) in [6.07, 6.45) is -4.41. The Morgan fingerprint density at radius 3 is 2.00 bits per heavy atom. The molecule has 2 aromatic rings. The van der Waals surface area contributed by atoms with Crippen molar-refractivity contribution in [1.29, 1.82) is 0 Å². The summed E-state index contributed by atoms with van der Waals surface area (Å²) >= 11 is 0. The fraction of sp³-hybridized carbons (Fsp3) is 0.278. The number of carbonyl (C=O) groups excluding carboxylic acids is 1. The molecule has 24 heavy (non-hydrogen) atoms. The molecular formula is C18H17F3O3. The number of hydrogen-bond acceptors (Lipinski definition) is 3. The molecule has 1 N–H and O–H groups in total. The van der Waals surface area contributed by atoms with Crippen LogP contribution in [0.15, 0.2) is 48.5 Å². The molecule has 2 aromatic carbocycles. The van der Waals surface area contributed by atoms with Gasteiger partial charge in [-0.15, -0.1) is 0 Å². The third-order valence-electron chi connectivity index (χ3n) is 3.61. The monoisotopic (exact) mass is 338 g/mol. The zero-order valence-electron chi connectivity index (χ0n) is 13.0. The van der Waals surface area contributed by atoms with Gasteiger partial charge in [0.25, 0.3) is 0 Å². The molecule has 0 bridgehead atoms. The number of benzene rings is 2. The number of carbonyl (C=O) groups is 1. The lowest BCUT2D eigenvalue weighted by Gasteiger charge is -2.18. The number of ether oxygens (including phenoxy) is 1. The van der Waals surface area contributed by atoms with Crippen molar-refractivity contribution in [1.82, 2.24) is 0 Å². The van der Waals surface area contributed by atoms with Crippen LogP contribution in [-0.4, -0.2) is 17.7 Å². The normalized spacial score (nSPS) is 12.7. The topological polar surface area (TPSA) is 46.5 Å². The zero-order chi connectivity index (χ0) is 17.7. The van der Waals surface area contributed by atoms with E-state index in [1.54, 1.807) is 19.1 Å². The van der Waals surface area contributed by atoms with Crippen LogP contribution < -0.4 is 0 Å². The maximum Gasteiger partial charge on any atom is 0.416 e. The lowest BCUT2D eigenvalue weighted by molar-refractivity contribution is -0.143. The smallest absolute Gasteiger partial charge is 0.416 e. The minimum atomic E-state index is -4.41. The summed E-state index contributed by atoms with van der Waals surface area (Å²) < 4.78 is 43.0. The largest absolute Gasteiger partial charge is 0.508 e. The molecule has 0 heterocycles. The second-order valence-corrected chi connectivity index (χ2v) is 5.27. The van der Waals surface area contributed by atoms with E-state index >= 15 is 0 Å². The van der Waals surface area contributed by atoms with Gasteiger partial charge in [-0.25, -0.2) is 0 Å². The third-order valence-corrected chi connectivity index (χ3v) is 3.61. The van der Waals surface area contributed by atoms with Crippen molar-refractivity contribution in [3.05, 3.63) is 65.2 Å². The van der Waals surface area contributed by atoms with E-state index in [9.17, 15) is 23.1 Å². The average molecular weight is 338 g/mol. The first-order chi connectivity index (χ1) is 11.3.